The van der Waals surface area contributed by atoms with Crippen molar-refractivity contribution in [1.29, 1.82) is 0 Å². The molecule has 2 aliphatic heterocycles. The Labute approximate surface area is 297 Å². The second kappa shape index (κ2) is 9.44. The van der Waals surface area contributed by atoms with Crippen LogP contribution in [0.5, 0.6) is 0 Å². The number of fused-ring (bicyclic) bond motifs is 14. The third kappa shape index (κ3) is 3.17. The van der Waals surface area contributed by atoms with Crippen LogP contribution < -0.4 is 21.3 Å². The highest BCUT2D eigenvalue weighted by Crippen LogP contribution is 2.46. The van der Waals surface area contributed by atoms with E-state index in [2.05, 4.69) is 172 Å². The Morgan fingerprint density at radius 1 is 0.404 bits per heavy atom. The number of rotatable bonds is 3. The molecule has 0 fully saturated rings. The maximum absolute atomic E-state index is 6.73. The maximum Gasteiger partial charge on any atom is 0.252 e. The maximum atomic E-state index is 6.73. The van der Waals surface area contributed by atoms with Crippen molar-refractivity contribution in [3.8, 4) is 11.4 Å². The molecule has 11 aromatic rings. The summed E-state index contributed by atoms with van der Waals surface area (Å²) in [4.78, 5) is 2.38. The van der Waals surface area contributed by atoms with Crippen molar-refractivity contribution in [1.82, 2.24) is 9.13 Å². The van der Waals surface area contributed by atoms with Crippen molar-refractivity contribution in [3.63, 3.8) is 0 Å². The molecule has 6 heterocycles. The summed E-state index contributed by atoms with van der Waals surface area (Å²) in [5, 5.41) is 4.50. The minimum Gasteiger partial charge on any atom is -0.454 e. The molecular formula is C46H26BN3O2. The first-order valence-corrected chi connectivity index (χ1v) is 17.8. The van der Waals surface area contributed by atoms with Gasteiger partial charge in [0.15, 0.2) is 11.2 Å². The minimum atomic E-state index is 0.0175. The van der Waals surface area contributed by atoms with Gasteiger partial charge in [-0.1, -0.05) is 84.9 Å². The van der Waals surface area contributed by atoms with Gasteiger partial charge in [-0.25, -0.2) is 0 Å². The molecule has 13 rings (SSSR count). The van der Waals surface area contributed by atoms with Crippen molar-refractivity contribution in [2.45, 2.75) is 0 Å². The van der Waals surface area contributed by atoms with Crippen LogP contribution in [-0.2, 0) is 0 Å². The van der Waals surface area contributed by atoms with Crippen LogP contribution in [-0.4, -0.2) is 15.8 Å². The van der Waals surface area contributed by atoms with E-state index in [1.807, 2.05) is 0 Å². The summed E-state index contributed by atoms with van der Waals surface area (Å²) in [5.41, 5.74) is 17.8. The summed E-state index contributed by atoms with van der Waals surface area (Å²) in [6, 6.07) is 56.6. The summed E-state index contributed by atoms with van der Waals surface area (Å²) in [7, 11) is 0. The number of hydrogen-bond acceptors (Lipinski definition) is 3. The first-order chi connectivity index (χ1) is 25.8. The summed E-state index contributed by atoms with van der Waals surface area (Å²) >= 11 is 0. The van der Waals surface area contributed by atoms with Crippen LogP contribution in [0, 0.1) is 0 Å². The highest BCUT2D eigenvalue weighted by atomic mass is 16.3. The summed E-state index contributed by atoms with van der Waals surface area (Å²) < 4.78 is 18.5. The smallest absolute Gasteiger partial charge is 0.252 e. The van der Waals surface area contributed by atoms with Gasteiger partial charge in [0.1, 0.15) is 22.2 Å². The van der Waals surface area contributed by atoms with Crippen LogP contribution in [0.3, 0.4) is 0 Å². The second-order valence-electron chi connectivity index (χ2n) is 14.0. The Kier molecular flexibility index (Phi) is 4.88. The quantitative estimate of drug-likeness (QED) is 0.177. The monoisotopic (exact) mass is 663 g/mol. The third-order valence-corrected chi connectivity index (χ3v) is 11.5. The van der Waals surface area contributed by atoms with Gasteiger partial charge in [-0.15, -0.1) is 0 Å². The van der Waals surface area contributed by atoms with Gasteiger partial charge in [0.25, 0.3) is 6.71 Å². The number of furan rings is 2. The van der Waals surface area contributed by atoms with E-state index in [1.165, 1.54) is 27.4 Å². The van der Waals surface area contributed by atoms with Gasteiger partial charge in [0.05, 0.1) is 16.7 Å². The molecule has 52 heavy (non-hydrogen) atoms. The summed E-state index contributed by atoms with van der Waals surface area (Å²) in [6.07, 6.45) is 0. The predicted molar refractivity (Wildman–Crippen MR) is 214 cm³/mol. The minimum absolute atomic E-state index is 0.0175. The largest absolute Gasteiger partial charge is 0.454 e. The molecule has 0 saturated carbocycles. The lowest BCUT2D eigenvalue weighted by Crippen LogP contribution is -2.59. The summed E-state index contributed by atoms with van der Waals surface area (Å²) in [6.45, 7) is 0.0175. The van der Waals surface area contributed by atoms with Crippen LogP contribution in [0.1, 0.15) is 0 Å². The second-order valence-corrected chi connectivity index (χ2v) is 14.0. The molecule has 5 nitrogen and oxygen atoms in total. The van der Waals surface area contributed by atoms with Crippen molar-refractivity contribution in [3.05, 3.63) is 158 Å². The van der Waals surface area contributed by atoms with E-state index in [-0.39, 0.29) is 6.71 Å². The molecule has 0 radical (unpaired) electrons. The van der Waals surface area contributed by atoms with Crippen molar-refractivity contribution < 1.29 is 8.83 Å². The number of nitrogens with zero attached hydrogens (tertiary/aromatic N) is 3. The van der Waals surface area contributed by atoms with Crippen molar-refractivity contribution in [2.24, 2.45) is 0 Å². The van der Waals surface area contributed by atoms with E-state index >= 15 is 0 Å². The Balaban J connectivity index is 1.27. The van der Waals surface area contributed by atoms with Gasteiger partial charge >= 0.3 is 0 Å². The van der Waals surface area contributed by atoms with Gasteiger partial charge in [0, 0.05) is 44.3 Å². The fraction of sp³-hybridized carbons (Fsp3) is 0. The van der Waals surface area contributed by atoms with E-state index in [4.69, 9.17) is 8.83 Å². The molecule has 0 atom stereocenters. The molecule has 0 unspecified atom stereocenters. The van der Waals surface area contributed by atoms with Gasteiger partial charge in [-0.05, 0) is 89.2 Å². The number of benzene rings is 7. The number of hydrogen-bond donors (Lipinski definition) is 0. The zero-order valence-electron chi connectivity index (χ0n) is 27.7. The molecule has 240 valence electrons. The molecule has 0 N–H and O–H groups in total. The zero-order chi connectivity index (χ0) is 33.7. The lowest BCUT2D eigenvalue weighted by molar-refractivity contribution is 0.672. The van der Waals surface area contributed by atoms with Crippen LogP contribution in [0.4, 0.5) is 17.1 Å². The highest BCUT2D eigenvalue weighted by Gasteiger charge is 2.42. The Bertz CT molecular complexity index is 3100. The topological polar surface area (TPSA) is 39.4 Å². The Morgan fingerprint density at radius 3 is 1.35 bits per heavy atom. The van der Waals surface area contributed by atoms with Crippen molar-refractivity contribution >= 4 is 106 Å². The van der Waals surface area contributed by atoms with Crippen LogP contribution in [0.15, 0.2) is 167 Å². The van der Waals surface area contributed by atoms with Crippen molar-refractivity contribution in [2.75, 3.05) is 4.90 Å². The average molecular weight is 664 g/mol. The molecule has 0 aliphatic carbocycles. The number of para-hydroxylation sites is 6. The van der Waals surface area contributed by atoms with E-state index in [9.17, 15) is 0 Å². The van der Waals surface area contributed by atoms with E-state index in [0.717, 1.165) is 83.3 Å². The standard InChI is InChI=1S/C46H26BN3O2/c1-3-13-27(14-4-1)48(28-15-5-2-6-16-28)29-25-36-40-37(26-29)50-42-33(46-44(50)31-18-8-10-24-39(31)52-46)20-12-22-35(42)47(40)34-21-11-19-32-41(34)49(36)43-30-17-7-9-23-38(30)51-45(32)43/h1-26H. The van der Waals surface area contributed by atoms with E-state index in [1.54, 1.807) is 0 Å². The van der Waals surface area contributed by atoms with Gasteiger partial charge in [-0.3, -0.25) is 0 Å². The Morgan fingerprint density at radius 2 is 0.846 bits per heavy atom. The van der Waals surface area contributed by atoms with Gasteiger partial charge in [-0.2, -0.15) is 0 Å². The van der Waals surface area contributed by atoms with Gasteiger partial charge in [0.2, 0.25) is 0 Å². The average Bonchev–Trinajstić information content (AvgIpc) is 3.94. The molecule has 0 spiro atoms. The fourth-order valence-corrected chi connectivity index (χ4v) is 9.52. The molecule has 0 saturated heterocycles. The van der Waals surface area contributed by atoms with E-state index in [0.29, 0.717) is 0 Å². The van der Waals surface area contributed by atoms with E-state index < -0.39 is 0 Å². The number of anilines is 3. The van der Waals surface area contributed by atoms with Crippen LogP contribution in [0.25, 0.3) is 77.3 Å². The SMILES string of the molecule is c1ccc(N(c2ccccc2)c2cc3c4c(c2)-n2c5c(cccc5c5oc6ccccc6c52)B4c2cccc4c5oc6ccccc6c5n-3c24)cc1. The molecule has 0 amide bonds. The van der Waals surface area contributed by atoms with Crippen LogP contribution in [0.2, 0.25) is 0 Å². The predicted octanol–water partition coefficient (Wildman–Crippen LogP) is 9.99. The molecule has 6 heteroatoms. The first kappa shape index (κ1) is 26.9. The molecule has 7 aromatic carbocycles. The molecule has 0 bridgehead atoms. The lowest BCUT2D eigenvalue weighted by Gasteiger charge is -2.35. The van der Waals surface area contributed by atoms with Gasteiger partial charge < -0.3 is 22.9 Å². The fourth-order valence-electron chi connectivity index (χ4n) is 9.52. The Hall–Kier alpha value is -6.92. The molecule has 4 aromatic heterocycles. The summed E-state index contributed by atoms with van der Waals surface area (Å²) in [5.74, 6) is 0. The highest BCUT2D eigenvalue weighted by molar-refractivity contribution is 7.00. The van der Waals surface area contributed by atoms with Crippen LogP contribution >= 0.6 is 0 Å². The lowest BCUT2D eigenvalue weighted by atomic mass is 9.34. The zero-order valence-corrected chi connectivity index (χ0v) is 27.7. The normalized spacial score (nSPS) is 13.0. The molecular weight excluding hydrogens is 637 g/mol. The third-order valence-electron chi connectivity index (χ3n) is 11.5. The molecule has 2 aliphatic rings. The first-order valence-electron chi connectivity index (χ1n) is 17.8. The number of aromatic nitrogens is 2.